The number of hydrogen-bond donors (Lipinski definition) is 2. The fraction of sp³-hybridized carbons (Fsp3) is 0.632. The van der Waals surface area contributed by atoms with Crippen LogP contribution in [0.25, 0.3) is 0 Å². The molecule has 0 spiro atoms. The third-order valence-corrected chi connectivity index (χ3v) is 5.81. The molecule has 1 saturated carbocycles. The van der Waals surface area contributed by atoms with Gasteiger partial charge in [-0.3, -0.25) is 4.79 Å². The predicted octanol–water partition coefficient (Wildman–Crippen LogP) is 4.01. The van der Waals surface area contributed by atoms with E-state index in [0.29, 0.717) is 23.4 Å². The van der Waals surface area contributed by atoms with Gasteiger partial charge in [0.25, 0.3) is 0 Å². The SMILES string of the molecule is O=C1CC(NCC[C@H]2CC[C@@H](c3ccc(F)cc3Cl)CC2)CCN1. The molecule has 1 heterocycles. The van der Waals surface area contributed by atoms with Crippen LogP contribution in [0.5, 0.6) is 0 Å². The van der Waals surface area contributed by atoms with Gasteiger partial charge < -0.3 is 10.6 Å². The van der Waals surface area contributed by atoms with Crippen LogP contribution in [0.2, 0.25) is 5.02 Å². The second kappa shape index (κ2) is 8.30. The Labute approximate surface area is 148 Å². The number of benzene rings is 1. The van der Waals surface area contributed by atoms with Crippen molar-refractivity contribution < 1.29 is 9.18 Å². The number of hydrogen-bond acceptors (Lipinski definition) is 2. The minimum Gasteiger partial charge on any atom is -0.356 e. The zero-order chi connectivity index (χ0) is 16.9. The van der Waals surface area contributed by atoms with E-state index >= 15 is 0 Å². The van der Waals surface area contributed by atoms with Crippen LogP contribution in [0.4, 0.5) is 4.39 Å². The van der Waals surface area contributed by atoms with Crippen molar-refractivity contribution in [1.29, 1.82) is 0 Å². The number of rotatable bonds is 5. The number of carbonyl (C=O) groups excluding carboxylic acids is 1. The van der Waals surface area contributed by atoms with Crippen LogP contribution >= 0.6 is 11.6 Å². The first-order valence-corrected chi connectivity index (χ1v) is 9.44. The van der Waals surface area contributed by atoms with Gasteiger partial charge in [-0.2, -0.15) is 0 Å². The number of nitrogens with one attached hydrogen (secondary N) is 2. The molecular weight excluding hydrogens is 327 g/mol. The van der Waals surface area contributed by atoms with Crippen LogP contribution < -0.4 is 10.6 Å². The second-order valence-corrected chi connectivity index (χ2v) is 7.57. The first-order chi connectivity index (χ1) is 11.6. The predicted molar refractivity (Wildman–Crippen MR) is 94.8 cm³/mol. The molecule has 1 aliphatic carbocycles. The van der Waals surface area contributed by atoms with Crippen LogP contribution in [0.1, 0.15) is 56.4 Å². The molecule has 5 heteroatoms. The smallest absolute Gasteiger partial charge is 0.221 e. The van der Waals surface area contributed by atoms with E-state index < -0.39 is 0 Å². The largest absolute Gasteiger partial charge is 0.356 e. The lowest BCUT2D eigenvalue weighted by Gasteiger charge is -2.30. The number of halogens is 2. The molecule has 1 aliphatic heterocycles. The summed E-state index contributed by atoms with van der Waals surface area (Å²) in [6.07, 6.45) is 7.46. The topological polar surface area (TPSA) is 41.1 Å². The second-order valence-electron chi connectivity index (χ2n) is 7.17. The maximum absolute atomic E-state index is 13.2. The normalized spacial score (nSPS) is 27.8. The molecule has 3 rings (SSSR count). The van der Waals surface area contributed by atoms with Crippen LogP contribution in [0, 0.1) is 11.7 Å². The Hall–Kier alpha value is -1.13. The highest BCUT2D eigenvalue weighted by Gasteiger charge is 2.24. The Morgan fingerprint density at radius 2 is 2.00 bits per heavy atom. The van der Waals surface area contributed by atoms with Gasteiger partial charge in [0, 0.05) is 24.0 Å². The fourth-order valence-corrected chi connectivity index (χ4v) is 4.37. The van der Waals surface area contributed by atoms with Gasteiger partial charge in [0.1, 0.15) is 5.82 Å². The third kappa shape index (κ3) is 4.70. The third-order valence-electron chi connectivity index (χ3n) is 5.48. The van der Waals surface area contributed by atoms with Crippen LogP contribution in [0.3, 0.4) is 0 Å². The van der Waals surface area contributed by atoms with Crippen molar-refractivity contribution in [2.45, 2.75) is 56.9 Å². The average Bonchev–Trinajstić information content (AvgIpc) is 2.56. The summed E-state index contributed by atoms with van der Waals surface area (Å²) in [6, 6.07) is 5.12. The van der Waals surface area contributed by atoms with E-state index in [1.165, 1.54) is 31.4 Å². The molecule has 1 unspecified atom stereocenters. The van der Waals surface area contributed by atoms with E-state index in [-0.39, 0.29) is 11.7 Å². The molecule has 24 heavy (non-hydrogen) atoms. The summed E-state index contributed by atoms with van der Waals surface area (Å²) >= 11 is 6.20. The zero-order valence-corrected chi connectivity index (χ0v) is 14.7. The average molecular weight is 353 g/mol. The van der Waals surface area contributed by atoms with Crippen LogP contribution in [-0.4, -0.2) is 25.0 Å². The number of amides is 1. The van der Waals surface area contributed by atoms with Crippen LogP contribution in [0.15, 0.2) is 18.2 Å². The number of piperidine rings is 1. The Morgan fingerprint density at radius 1 is 1.21 bits per heavy atom. The Kier molecular flexibility index (Phi) is 6.12. The minimum absolute atomic E-state index is 0.162. The molecule has 2 aliphatic rings. The van der Waals surface area contributed by atoms with Gasteiger partial charge in [0.2, 0.25) is 5.91 Å². The van der Waals surface area contributed by atoms with Crippen LogP contribution in [-0.2, 0) is 4.79 Å². The van der Waals surface area contributed by atoms with Crippen molar-refractivity contribution in [2.75, 3.05) is 13.1 Å². The van der Waals surface area contributed by atoms with Crippen molar-refractivity contribution in [3.63, 3.8) is 0 Å². The molecule has 2 fully saturated rings. The molecule has 1 aromatic carbocycles. The molecule has 0 bridgehead atoms. The van der Waals surface area contributed by atoms with E-state index in [1.807, 2.05) is 6.07 Å². The molecule has 1 saturated heterocycles. The Bertz CT molecular complexity index is 572. The lowest BCUT2D eigenvalue weighted by atomic mass is 9.77. The molecule has 0 radical (unpaired) electrons. The lowest BCUT2D eigenvalue weighted by molar-refractivity contribution is -0.122. The van der Waals surface area contributed by atoms with E-state index in [1.54, 1.807) is 0 Å². The molecular formula is C19H26ClFN2O. The molecule has 3 nitrogen and oxygen atoms in total. The molecule has 1 aromatic rings. The van der Waals surface area contributed by atoms with E-state index in [9.17, 15) is 9.18 Å². The Balaban J connectivity index is 1.40. The summed E-state index contributed by atoms with van der Waals surface area (Å²) in [5, 5.41) is 6.97. The first kappa shape index (κ1) is 17.7. The minimum atomic E-state index is -0.264. The first-order valence-electron chi connectivity index (χ1n) is 9.07. The lowest BCUT2D eigenvalue weighted by Crippen LogP contribution is -2.43. The van der Waals surface area contributed by atoms with Gasteiger partial charge in [-0.1, -0.05) is 17.7 Å². The molecule has 132 valence electrons. The standard InChI is InChI=1S/C19H26ClFN2O/c20-18-11-15(21)5-6-17(18)14-3-1-13(2-4-14)7-9-22-16-8-10-23-19(24)12-16/h5-6,11,13-14,16,22H,1-4,7-10,12H2,(H,23,24)/t13-,14+,16?. The molecule has 1 amide bonds. The van der Waals surface area contributed by atoms with E-state index in [4.69, 9.17) is 11.6 Å². The fourth-order valence-electron chi connectivity index (χ4n) is 4.04. The summed E-state index contributed by atoms with van der Waals surface area (Å²) in [4.78, 5) is 11.4. The maximum Gasteiger partial charge on any atom is 0.221 e. The molecule has 0 aromatic heterocycles. The summed E-state index contributed by atoms with van der Waals surface area (Å²) < 4.78 is 13.2. The summed E-state index contributed by atoms with van der Waals surface area (Å²) in [6.45, 7) is 1.78. The summed E-state index contributed by atoms with van der Waals surface area (Å²) in [5.74, 6) is 1.10. The van der Waals surface area contributed by atoms with Crippen molar-refractivity contribution in [3.8, 4) is 0 Å². The zero-order valence-electron chi connectivity index (χ0n) is 14.0. The summed E-state index contributed by atoms with van der Waals surface area (Å²) in [7, 11) is 0. The van der Waals surface area contributed by atoms with Crippen molar-refractivity contribution in [1.82, 2.24) is 10.6 Å². The van der Waals surface area contributed by atoms with Crippen molar-refractivity contribution in [2.24, 2.45) is 5.92 Å². The van der Waals surface area contributed by atoms with Crippen molar-refractivity contribution in [3.05, 3.63) is 34.6 Å². The van der Waals surface area contributed by atoms with Gasteiger partial charge in [0.05, 0.1) is 0 Å². The molecule has 2 N–H and O–H groups in total. The van der Waals surface area contributed by atoms with E-state index in [0.717, 1.165) is 43.8 Å². The summed E-state index contributed by atoms with van der Waals surface area (Å²) in [5.41, 5.74) is 1.10. The molecule has 1 atom stereocenters. The Morgan fingerprint density at radius 3 is 2.71 bits per heavy atom. The highest BCUT2D eigenvalue weighted by molar-refractivity contribution is 6.31. The van der Waals surface area contributed by atoms with Gasteiger partial charge >= 0.3 is 0 Å². The maximum atomic E-state index is 13.2. The highest BCUT2D eigenvalue weighted by atomic mass is 35.5. The van der Waals surface area contributed by atoms with Gasteiger partial charge in [-0.05, 0) is 74.6 Å². The highest BCUT2D eigenvalue weighted by Crippen LogP contribution is 2.39. The van der Waals surface area contributed by atoms with Crippen molar-refractivity contribution >= 4 is 17.5 Å². The number of carbonyl (C=O) groups is 1. The van der Waals surface area contributed by atoms with Gasteiger partial charge in [0.15, 0.2) is 0 Å². The van der Waals surface area contributed by atoms with Gasteiger partial charge in [-0.15, -0.1) is 0 Å². The van der Waals surface area contributed by atoms with Gasteiger partial charge in [-0.25, -0.2) is 4.39 Å². The quantitative estimate of drug-likeness (QED) is 0.840. The monoisotopic (exact) mass is 352 g/mol. The van der Waals surface area contributed by atoms with E-state index in [2.05, 4.69) is 10.6 Å².